The van der Waals surface area contributed by atoms with E-state index >= 15 is 0 Å². The molecule has 0 atom stereocenters. The Labute approximate surface area is 153 Å². The van der Waals surface area contributed by atoms with Gasteiger partial charge >= 0.3 is 0 Å². The molecule has 0 spiro atoms. The number of rotatable bonds is 3. The molecular formula is C18H14N2OS3. The van der Waals surface area contributed by atoms with E-state index in [1.54, 1.807) is 11.3 Å². The molecule has 0 saturated carbocycles. The van der Waals surface area contributed by atoms with Crippen molar-refractivity contribution in [3.63, 3.8) is 0 Å². The number of anilines is 1. The molecule has 0 aliphatic carbocycles. The first-order valence-electron chi connectivity index (χ1n) is 7.24. The van der Waals surface area contributed by atoms with E-state index in [0.717, 1.165) is 26.7 Å². The van der Waals surface area contributed by atoms with Crippen LogP contribution in [0.1, 0.15) is 21.0 Å². The molecule has 0 radical (unpaired) electrons. The molecule has 6 heteroatoms. The minimum Gasteiger partial charge on any atom is -0.341 e. The summed E-state index contributed by atoms with van der Waals surface area (Å²) in [5.41, 5.74) is 2.57. The molecule has 0 aliphatic rings. The van der Waals surface area contributed by atoms with Gasteiger partial charge in [-0.25, -0.2) is 0 Å². The van der Waals surface area contributed by atoms with Crippen LogP contribution in [0.3, 0.4) is 0 Å². The molecule has 0 bridgehead atoms. The van der Waals surface area contributed by atoms with Gasteiger partial charge in [0.2, 0.25) is 5.91 Å². The highest BCUT2D eigenvalue weighted by atomic mass is 32.1. The summed E-state index contributed by atoms with van der Waals surface area (Å²) < 4.78 is 0.696. The van der Waals surface area contributed by atoms with Crippen LogP contribution < -0.4 is 5.32 Å². The van der Waals surface area contributed by atoms with Crippen molar-refractivity contribution in [3.05, 3.63) is 66.7 Å². The van der Waals surface area contributed by atoms with Gasteiger partial charge in [-0.3, -0.25) is 4.79 Å². The number of thiophene rings is 1. The van der Waals surface area contributed by atoms with Gasteiger partial charge in [0.1, 0.15) is 0 Å². The lowest BCUT2D eigenvalue weighted by atomic mass is 10.2. The first-order chi connectivity index (χ1) is 11.6. The first-order valence-corrected chi connectivity index (χ1v) is 9.34. The topological polar surface area (TPSA) is 44.9 Å². The molecule has 2 N–H and O–H groups in total. The predicted octanol–water partition coefficient (Wildman–Crippen LogP) is 4.76. The Balaban J connectivity index is 1.69. The smallest absolute Gasteiger partial charge is 0.229 e. The molecule has 3 aromatic rings. The van der Waals surface area contributed by atoms with Gasteiger partial charge in [-0.1, -0.05) is 24.0 Å². The SMILES string of the molecule is Cc1[nH]c(=S)sc1CC(=O)Nc1cccc(C#Cc2cccs2)c1. The molecule has 24 heavy (non-hydrogen) atoms. The number of aromatic nitrogens is 1. The van der Waals surface area contributed by atoms with Gasteiger partial charge in [-0.05, 0) is 48.8 Å². The lowest BCUT2D eigenvalue weighted by Crippen LogP contribution is -2.14. The molecule has 120 valence electrons. The third kappa shape index (κ3) is 4.42. The van der Waals surface area contributed by atoms with Gasteiger partial charge < -0.3 is 10.3 Å². The number of aromatic amines is 1. The molecule has 0 aliphatic heterocycles. The second-order valence-electron chi connectivity index (χ2n) is 5.10. The monoisotopic (exact) mass is 370 g/mol. The summed E-state index contributed by atoms with van der Waals surface area (Å²) in [4.78, 5) is 17.3. The second-order valence-corrected chi connectivity index (χ2v) is 7.82. The summed E-state index contributed by atoms with van der Waals surface area (Å²) in [6.07, 6.45) is 0.314. The maximum absolute atomic E-state index is 12.2. The van der Waals surface area contributed by atoms with E-state index in [4.69, 9.17) is 12.2 Å². The molecule has 2 aromatic heterocycles. The summed E-state index contributed by atoms with van der Waals surface area (Å²) in [7, 11) is 0. The van der Waals surface area contributed by atoms with Crippen molar-refractivity contribution in [2.45, 2.75) is 13.3 Å². The molecule has 3 rings (SSSR count). The number of thiazole rings is 1. The fourth-order valence-corrected chi connectivity index (χ4v) is 3.98. The number of amides is 1. The van der Waals surface area contributed by atoms with E-state index in [9.17, 15) is 4.79 Å². The average Bonchev–Trinajstić information content (AvgIpc) is 3.16. The maximum atomic E-state index is 12.2. The van der Waals surface area contributed by atoms with Gasteiger partial charge in [0.25, 0.3) is 0 Å². The van der Waals surface area contributed by atoms with Crippen molar-refractivity contribution in [3.8, 4) is 11.8 Å². The highest BCUT2D eigenvalue weighted by molar-refractivity contribution is 7.73. The van der Waals surface area contributed by atoms with Gasteiger partial charge in [0.15, 0.2) is 3.95 Å². The molecule has 0 unspecified atom stereocenters. The van der Waals surface area contributed by atoms with E-state index in [0.29, 0.717) is 10.4 Å². The maximum Gasteiger partial charge on any atom is 0.229 e. The number of carbonyl (C=O) groups is 1. The Morgan fingerprint density at radius 2 is 2.17 bits per heavy atom. The van der Waals surface area contributed by atoms with Crippen LogP contribution in [0.4, 0.5) is 5.69 Å². The molecule has 1 aromatic carbocycles. The highest BCUT2D eigenvalue weighted by Crippen LogP contribution is 2.17. The number of carbonyl (C=O) groups excluding carboxylic acids is 1. The Morgan fingerprint density at radius 1 is 1.29 bits per heavy atom. The van der Waals surface area contributed by atoms with Crippen LogP contribution in [-0.2, 0) is 11.2 Å². The van der Waals surface area contributed by atoms with Crippen LogP contribution in [-0.4, -0.2) is 10.9 Å². The quantitative estimate of drug-likeness (QED) is 0.516. The molecular weight excluding hydrogens is 356 g/mol. The minimum atomic E-state index is -0.0632. The number of hydrogen-bond acceptors (Lipinski definition) is 4. The van der Waals surface area contributed by atoms with Crippen LogP contribution in [0.2, 0.25) is 0 Å². The number of benzene rings is 1. The standard InChI is InChI=1S/C18H14N2OS3/c1-12-16(24-18(22)19-12)11-17(21)20-14-5-2-4-13(10-14)7-8-15-6-3-9-23-15/h2-6,9-10H,11H2,1H3,(H,19,22)(H,20,21). The van der Waals surface area contributed by atoms with Gasteiger partial charge in [-0.15, -0.1) is 22.7 Å². The van der Waals surface area contributed by atoms with Crippen LogP contribution in [0.15, 0.2) is 41.8 Å². The lowest BCUT2D eigenvalue weighted by Gasteiger charge is -2.05. The Bertz CT molecular complexity index is 972. The lowest BCUT2D eigenvalue weighted by molar-refractivity contribution is -0.115. The van der Waals surface area contributed by atoms with Gasteiger partial charge in [0, 0.05) is 21.8 Å². The van der Waals surface area contributed by atoms with Crippen LogP contribution in [0.5, 0.6) is 0 Å². The van der Waals surface area contributed by atoms with Crippen LogP contribution in [0, 0.1) is 22.7 Å². The molecule has 0 saturated heterocycles. The van der Waals surface area contributed by atoms with Gasteiger partial charge in [0.05, 0.1) is 11.3 Å². The highest BCUT2D eigenvalue weighted by Gasteiger charge is 2.09. The number of nitrogens with one attached hydrogen (secondary N) is 2. The molecule has 3 nitrogen and oxygen atoms in total. The summed E-state index contributed by atoms with van der Waals surface area (Å²) in [5, 5.41) is 4.91. The molecule has 0 fully saturated rings. The first kappa shape index (κ1) is 16.7. The van der Waals surface area contributed by atoms with Crippen molar-refractivity contribution >= 4 is 46.5 Å². The zero-order valence-corrected chi connectivity index (χ0v) is 15.3. The predicted molar refractivity (Wildman–Crippen MR) is 103 cm³/mol. The van der Waals surface area contributed by atoms with E-state index in [1.807, 2.05) is 48.7 Å². The minimum absolute atomic E-state index is 0.0632. The third-order valence-electron chi connectivity index (χ3n) is 3.24. The average molecular weight is 371 g/mol. The third-order valence-corrected chi connectivity index (χ3v) is 5.36. The summed E-state index contributed by atoms with van der Waals surface area (Å²) in [5.74, 6) is 6.17. The van der Waals surface area contributed by atoms with Crippen molar-refractivity contribution in [2.24, 2.45) is 0 Å². The van der Waals surface area contributed by atoms with E-state index < -0.39 is 0 Å². The van der Waals surface area contributed by atoms with Crippen molar-refractivity contribution < 1.29 is 4.79 Å². The number of H-pyrrole nitrogens is 1. The van der Waals surface area contributed by atoms with E-state index in [2.05, 4.69) is 22.1 Å². The van der Waals surface area contributed by atoms with Crippen molar-refractivity contribution in [1.82, 2.24) is 4.98 Å². The number of hydrogen-bond donors (Lipinski definition) is 2. The van der Waals surface area contributed by atoms with E-state index in [-0.39, 0.29) is 5.91 Å². The largest absolute Gasteiger partial charge is 0.341 e. The van der Waals surface area contributed by atoms with E-state index in [1.165, 1.54) is 11.3 Å². The Hall–Kier alpha value is -2.20. The zero-order chi connectivity index (χ0) is 16.9. The summed E-state index contributed by atoms with van der Waals surface area (Å²) >= 11 is 8.15. The Morgan fingerprint density at radius 3 is 2.88 bits per heavy atom. The van der Waals surface area contributed by atoms with Crippen molar-refractivity contribution in [2.75, 3.05) is 5.32 Å². The second kappa shape index (κ2) is 7.58. The van der Waals surface area contributed by atoms with Crippen LogP contribution >= 0.6 is 34.9 Å². The van der Waals surface area contributed by atoms with Crippen LogP contribution in [0.25, 0.3) is 0 Å². The zero-order valence-electron chi connectivity index (χ0n) is 12.9. The van der Waals surface area contributed by atoms with Crippen molar-refractivity contribution in [1.29, 1.82) is 0 Å². The molecule has 2 heterocycles. The summed E-state index contributed by atoms with van der Waals surface area (Å²) in [6.45, 7) is 1.93. The fraction of sp³-hybridized carbons (Fsp3) is 0.111. The normalized spacial score (nSPS) is 10.0. The fourth-order valence-electron chi connectivity index (χ4n) is 2.11. The summed E-state index contributed by atoms with van der Waals surface area (Å²) in [6, 6.07) is 11.5. The van der Waals surface area contributed by atoms with Gasteiger partial charge in [-0.2, -0.15) is 0 Å². The Kier molecular flexibility index (Phi) is 5.26. The molecule has 1 amide bonds. The number of aryl methyl sites for hydroxylation is 1.